The van der Waals surface area contributed by atoms with Crippen LogP contribution < -0.4 is 0 Å². The van der Waals surface area contributed by atoms with Crippen LogP contribution in [0.4, 0.5) is 0 Å². The first kappa shape index (κ1) is 7.79. The summed E-state index contributed by atoms with van der Waals surface area (Å²) in [6.07, 6.45) is 8.86. The van der Waals surface area contributed by atoms with E-state index < -0.39 is 5.97 Å². The molecule has 0 spiro atoms. The molecule has 13 heavy (non-hydrogen) atoms. The normalized spacial score (nSPS) is 19.2. The predicted molar refractivity (Wildman–Crippen MR) is 48.1 cm³/mol. The van der Waals surface area contributed by atoms with Gasteiger partial charge in [0.05, 0.1) is 0 Å². The predicted octanol–water partition coefficient (Wildman–Crippen LogP) is 0.753. The van der Waals surface area contributed by atoms with Crippen LogP contribution in [0.5, 0.6) is 0 Å². The van der Waals surface area contributed by atoms with E-state index >= 15 is 0 Å². The summed E-state index contributed by atoms with van der Waals surface area (Å²) in [5.41, 5.74) is 0.0813. The van der Waals surface area contributed by atoms with Gasteiger partial charge in [-0.3, -0.25) is 0 Å². The van der Waals surface area contributed by atoms with Crippen molar-refractivity contribution in [1.29, 1.82) is 0 Å². The molecule has 2 aliphatic rings. The fraction of sp³-hybridized carbons (Fsp3) is 0.111. The largest absolute Gasteiger partial charge is 0.477 e. The monoisotopic (exact) mass is 176 g/mol. The SMILES string of the molecule is O=C(O)C1=NC2=CC=CCN2C=C1. The summed E-state index contributed by atoms with van der Waals surface area (Å²) in [6.45, 7) is 0.749. The average molecular weight is 176 g/mol. The zero-order chi connectivity index (χ0) is 9.26. The van der Waals surface area contributed by atoms with E-state index in [1.54, 1.807) is 12.3 Å². The van der Waals surface area contributed by atoms with Crippen molar-refractivity contribution in [2.24, 2.45) is 4.99 Å². The number of carbonyl (C=O) groups is 1. The van der Waals surface area contributed by atoms with Gasteiger partial charge in [0.2, 0.25) is 0 Å². The van der Waals surface area contributed by atoms with Crippen LogP contribution in [-0.2, 0) is 4.79 Å². The molecule has 0 aliphatic carbocycles. The Kier molecular flexibility index (Phi) is 1.73. The van der Waals surface area contributed by atoms with Gasteiger partial charge in [-0.2, -0.15) is 0 Å². The standard InChI is InChI=1S/C9H8N2O2/c12-9(13)7-4-6-11-5-2-1-3-8(11)10-7/h1-4,6H,5H2,(H,12,13). The summed E-state index contributed by atoms with van der Waals surface area (Å²) < 4.78 is 0. The van der Waals surface area contributed by atoms with Crippen molar-refractivity contribution in [3.05, 3.63) is 36.3 Å². The second-order valence-electron chi connectivity index (χ2n) is 2.72. The highest BCUT2D eigenvalue weighted by Gasteiger charge is 2.15. The number of fused-ring (bicyclic) bond motifs is 1. The van der Waals surface area contributed by atoms with Gasteiger partial charge in [0.25, 0.3) is 0 Å². The highest BCUT2D eigenvalue weighted by Crippen LogP contribution is 2.15. The fourth-order valence-corrected chi connectivity index (χ4v) is 1.20. The molecular formula is C9H8N2O2. The quantitative estimate of drug-likeness (QED) is 0.641. The lowest BCUT2D eigenvalue weighted by Gasteiger charge is -2.23. The Morgan fingerprint density at radius 1 is 1.62 bits per heavy atom. The van der Waals surface area contributed by atoms with Crippen molar-refractivity contribution in [3.8, 4) is 0 Å². The van der Waals surface area contributed by atoms with E-state index in [9.17, 15) is 4.79 Å². The topological polar surface area (TPSA) is 52.9 Å². The molecule has 2 rings (SSSR count). The van der Waals surface area contributed by atoms with E-state index in [2.05, 4.69) is 4.99 Å². The van der Waals surface area contributed by atoms with E-state index in [0.717, 1.165) is 6.54 Å². The molecule has 1 N–H and O–H groups in total. The molecule has 0 amide bonds. The molecule has 0 aromatic heterocycles. The maximum atomic E-state index is 10.6. The maximum absolute atomic E-state index is 10.6. The molecule has 2 aliphatic heterocycles. The molecule has 0 fully saturated rings. The van der Waals surface area contributed by atoms with Crippen molar-refractivity contribution >= 4 is 11.7 Å². The van der Waals surface area contributed by atoms with Crippen molar-refractivity contribution < 1.29 is 9.90 Å². The number of allylic oxidation sites excluding steroid dienone is 2. The smallest absolute Gasteiger partial charge is 0.354 e. The summed E-state index contributed by atoms with van der Waals surface area (Å²) in [4.78, 5) is 16.4. The van der Waals surface area contributed by atoms with E-state index in [1.807, 2.05) is 17.1 Å². The summed E-state index contributed by atoms with van der Waals surface area (Å²) in [5.74, 6) is -0.311. The molecule has 4 nitrogen and oxygen atoms in total. The molecule has 0 atom stereocenters. The summed E-state index contributed by atoms with van der Waals surface area (Å²) in [7, 11) is 0. The number of aliphatic carboxylic acids is 1. The summed E-state index contributed by atoms with van der Waals surface area (Å²) in [6, 6.07) is 0. The van der Waals surface area contributed by atoms with Gasteiger partial charge in [-0.25, -0.2) is 9.79 Å². The lowest BCUT2D eigenvalue weighted by atomic mass is 10.2. The summed E-state index contributed by atoms with van der Waals surface area (Å²) in [5, 5.41) is 8.68. The second kappa shape index (κ2) is 2.90. The number of nitrogens with zero attached hydrogens (tertiary/aromatic N) is 2. The minimum atomic E-state index is -0.994. The molecule has 66 valence electrons. The summed E-state index contributed by atoms with van der Waals surface area (Å²) >= 11 is 0. The zero-order valence-electron chi connectivity index (χ0n) is 6.84. The van der Waals surface area contributed by atoms with Crippen molar-refractivity contribution in [3.63, 3.8) is 0 Å². The molecule has 4 heteroatoms. The number of hydrogen-bond acceptors (Lipinski definition) is 3. The number of carboxylic acids is 1. The van der Waals surface area contributed by atoms with E-state index in [-0.39, 0.29) is 5.71 Å². The number of hydrogen-bond donors (Lipinski definition) is 1. The Morgan fingerprint density at radius 2 is 2.46 bits per heavy atom. The van der Waals surface area contributed by atoms with Crippen LogP contribution >= 0.6 is 0 Å². The van der Waals surface area contributed by atoms with Crippen LogP contribution in [0.1, 0.15) is 0 Å². The van der Waals surface area contributed by atoms with E-state index in [0.29, 0.717) is 5.82 Å². The van der Waals surface area contributed by atoms with Gasteiger partial charge in [-0.1, -0.05) is 12.2 Å². The van der Waals surface area contributed by atoms with Gasteiger partial charge in [-0.05, 0) is 12.2 Å². The van der Waals surface area contributed by atoms with Gasteiger partial charge < -0.3 is 10.0 Å². The molecule has 2 heterocycles. The number of aliphatic imine (C=N–C) groups is 1. The van der Waals surface area contributed by atoms with Gasteiger partial charge in [-0.15, -0.1) is 0 Å². The fourth-order valence-electron chi connectivity index (χ4n) is 1.20. The lowest BCUT2D eigenvalue weighted by molar-refractivity contribution is -0.129. The second-order valence-corrected chi connectivity index (χ2v) is 2.72. The molecule has 0 unspecified atom stereocenters. The third kappa shape index (κ3) is 1.38. The van der Waals surface area contributed by atoms with Crippen LogP contribution in [0.3, 0.4) is 0 Å². The molecule has 0 bridgehead atoms. The molecular weight excluding hydrogens is 168 g/mol. The van der Waals surface area contributed by atoms with Crippen LogP contribution in [-0.4, -0.2) is 28.2 Å². The van der Waals surface area contributed by atoms with Crippen LogP contribution in [0, 0.1) is 0 Å². The van der Waals surface area contributed by atoms with Gasteiger partial charge in [0.15, 0.2) is 5.71 Å². The van der Waals surface area contributed by atoms with Gasteiger partial charge >= 0.3 is 5.97 Å². The first-order valence-corrected chi connectivity index (χ1v) is 3.91. The highest BCUT2D eigenvalue weighted by atomic mass is 16.4. The highest BCUT2D eigenvalue weighted by molar-refractivity contribution is 6.40. The van der Waals surface area contributed by atoms with Crippen molar-refractivity contribution in [2.75, 3.05) is 6.54 Å². The Morgan fingerprint density at radius 3 is 3.23 bits per heavy atom. The minimum Gasteiger partial charge on any atom is -0.477 e. The van der Waals surface area contributed by atoms with E-state index in [4.69, 9.17) is 5.11 Å². The minimum absolute atomic E-state index is 0.0813. The van der Waals surface area contributed by atoms with Crippen LogP contribution in [0.25, 0.3) is 0 Å². The van der Waals surface area contributed by atoms with Crippen LogP contribution in [0.15, 0.2) is 41.3 Å². The Hall–Kier alpha value is -1.84. The molecule has 0 aromatic carbocycles. The number of rotatable bonds is 1. The molecule has 0 saturated heterocycles. The average Bonchev–Trinajstić information content (AvgIpc) is 2.17. The zero-order valence-corrected chi connectivity index (χ0v) is 6.84. The Bertz CT molecular complexity index is 364. The van der Waals surface area contributed by atoms with E-state index in [1.165, 1.54) is 6.08 Å². The van der Waals surface area contributed by atoms with Gasteiger partial charge in [0.1, 0.15) is 5.82 Å². The van der Waals surface area contributed by atoms with Gasteiger partial charge in [0, 0.05) is 12.7 Å². The Labute approximate surface area is 75.2 Å². The third-order valence-electron chi connectivity index (χ3n) is 1.84. The molecule has 0 aromatic rings. The lowest BCUT2D eigenvalue weighted by Crippen LogP contribution is -2.24. The van der Waals surface area contributed by atoms with Crippen molar-refractivity contribution in [2.45, 2.75) is 0 Å². The molecule has 0 radical (unpaired) electrons. The van der Waals surface area contributed by atoms with Crippen LogP contribution in [0.2, 0.25) is 0 Å². The maximum Gasteiger partial charge on any atom is 0.354 e. The molecule has 0 saturated carbocycles. The first-order valence-electron chi connectivity index (χ1n) is 3.91. The van der Waals surface area contributed by atoms with Crippen molar-refractivity contribution in [1.82, 2.24) is 4.90 Å². The Balaban J connectivity index is 2.34. The number of carboxylic acid groups (broad SMARTS) is 1. The third-order valence-corrected chi connectivity index (χ3v) is 1.84. The first-order chi connectivity index (χ1) is 6.27.